The van der Waals surface area contributed by atoms with Crippen LogP contribution in [-0.2, 0) is 11.3 Å². The van der Waals surface area contributed by atoms with Gasteiger partial charge in [-0.25, -0.2) is 18.6 Å². The topological polar surface area (TPSA) is 126 Å². The number of nitrogens with one attached hydrogen (secondary N) is 3. The minimum atomic E-state index is -0.942. The zero-order valence-electron chi connectivity index (χ0n) is 20.0. The number of carbonyl (C=O) groups excluding carboxylic acids is 3. The molecule has 0 bridgehead atoms. The molecule has 2 aromatic heterocycles. The van der Waals surface area contributed by atoms with Crippen molar-refractivity contribution in [3.63, 3.8) is 0 Å². The largest absolute Gasteiger partial charge is 0.494 e. The van der Waals surface area contributed by atoms with Crippen LogP contribution in [0.3, 0.4) is 0 Å². The van der Waals surface area contributed by atoms with Crippen LogP contribution in [0.5, 0.6) is 5.75 Å². The highest BCUT2D eigenvalue weighted by Crippen LogP contribution is 2.34. The molecule has 3 N–H and O–H groups in total. The van der Waals surface area contributed by atoms with Gasteiger partial charge in [-0.1, -0.05) is 6.07 Å². The number of urea groups is 1. The van der Waals surface area contributed by atoms with E-state index in [0.29, 0.717) is 16.8 Å². The van der Waals surface area contributed by atoms with Gasteiger partial charge in [0.2, 0.25) is 6.41 Å². The van der Waals surface area contributed by atoms with E-state index in [1.54, 1.807) is 12.1 Å². The molecule has 0 spiro atoms. The van der Waals surface area contributed by atoms with E-state index >= 15 is 0 Å². The number of nitrogens with zero attached hydrogens (tertiary/aromatic N) is 2. The lowest BCUT2D eigenvalue weighted by Gasteiger charge is -2.23. The highest BCUT2D eigenvalue weighted by atomic mass is 19.1. The van der Waals surface area contributed by atoms with Gasteiger partial charge in [-0.05, 0) is 37.6 Å². The molecule has 5 rings (SSSR count). The van der Waals surface area contributed by atoms with Gasteiger partial charge in [0.1, 0.15) is 23.1 Å². The number of aromatic nitrogens is 1. The second kappa shape index (κ2) is 10.1. The first-order valence-electron chi connectivity index (χ1n) is 11.9. The Hall–Kier alpha value is -4.06. The van der Waals surface area contributed by atoms with Crippen LogP contribution in [0.25, 0.3) is 11.1 Å². The van der Waals surface area contributed by atoms with Gasteiger partial charge >= 0.3 is 6.03 Å². The maximum atomic E-state index is 14.9. The third-order valence-electron chi connectivity index (χ3n) is 6.75. The van der Waals surface area contributed by atoms with Gasteiger partial charge in [0, 0.05) is 31.1 Å². The average molecular weight is 514 g/mol. The van der Waals surface area contributed by atoms with Crippen LogP contribution >= 0.6 is 0 Å². The zero-order chi connectivity index (χ0) is 26.1. The normalized spacial score (nSPS) is 16.5. The maximum Gasteiger partial charge on any atom is 0.321 e. The number of benzene rings is 1. The van der Waals surface area contributed by atoms with E-state index in [1.807, 2.05) is 5.32 Å². The molecule has 4 amide bonds. The average Bonchev–Trinajstić information content (AvgIpc) is 3.44. The molecule has 1 fully saturated rings. The summed E-state index contributed by atoms with van der Waals surface area (Å²) >= 11 is 0. The van der Waals surface area contributed by atoms with Crippen molar-refractivity contribution < 1.29 is 32.3 Å². The van der Waals surface area contributed by atoms with E-state index in [9.17, 15) is 23.2 Å². The number of pyridine rings is 1. The molecule has 3 aromatic rings. The Labute approximate surface area is 210 Å². The van der Waals surface area contributed by atoms with Crippen LogP contribution < -0.4 is 20.7 Å². The molecule has 2 aliphatic rings. The van der Waals surface area contributed by atoms with Crippen molar-refractivity contribution in [3.05, 3.63) is 58.5 Å². The molecule has 194 valence electrons. The number of piperidine rings is 1. The first-order valence-corrected chi connectivity index (χ1v) is 11.9. The van der Waals surface area contributed by atoms with Crippen LogP contribution in [0.1, 0.15) is 52.2 Å². The van der Waals surface area contributed by atoms with Gasteiger partial charge in [-0.15, -0.1) is 0 Å². The van der Waals surface area contributed by atoms with Crippen LogP contribution in [0.4, 0.5) is 13.6 Å². The first kappa shape index (κ1) is 24.6. The Balaban J connectivity index is 1.45. The number of hydrogen-bond acceptors (Lipinski definition) is 7. The van der Waals surface area contributed by atoms with Gasteiger partial charge in [0.05, 0.1) is 18.4 Å². The molecule has 12 heteroatoms. The lowest BCUT2D eigenvalue weighted by molar-refractivity contribution is -0.108. The first-order chi connectivity index (χ1) is 17.9. The Morgan fingerprint density at radius 1 is 1.32 bits per heavy atom. The van der Waals surface area contributed by atoms with Crippen molar-refractivity contribution >= 4 is 29.4 Å². The van der Waals surface area contributed by atoms with E-state index in [2.05, 4.69) is 15.6 Å². The Morgan fingerprint density at radius 2 is 2.11 bits per heavy atom. The minimum absolute atomic E-state index is 0.0242. The standard InChI is InChI=1S/C25H25F2N5O5/c1-36-18-3-2-14-10-32(24(34)21(14)22(18)27)11-17(31-25(35)29-12-33)20-9-16-19(37-20)8-15(26)23(30-16)13-4-6-28-7-5-13/h2-3,8-9,12-13,17,28H,4-7,10-11H2,1H3,(H2,29,31,33,35)/t17-/m0/s1. The molecule has 0 unspecified atom stereocenters. The number of ether oxygens (including phenoxy) is 1. The summed E-state index contributed by atoms with van der Waals surface area (Å²) in [5.74, 6) is -1.69. The molecule has 0 radical (unpaired) electrons. The van der Waals surface area contributed by atoms with Crippen molar-refractivity contribution in [1.82, 2.24) is 25.8 Å². The number of amides is 4. The predicted octanol–water partition coefficient (Wildman–Crippen LogP) is 2.73. The second-order valence-corrected chi connectivity index (χ2v) is 9.00. The second-order valence-electron chi connectivity index (χ2n) is 9.00. The molecule has 1 saturated heterocycles. The molecular weight excluding hydrogens is 488 g/mol. The highest BCUT2D eigenvalue weighted by Gasteiger charge is 2.35. The number of fused-ring (bicyclic) bond motifs is 2. The van der Waals surface area contributed by atoms with E-state index in [4.69, 9.17) is 9.15 Å². The number of methoxy groups -OCH3 is 1. The van der Waals surface area contributed by atoms with Crippen molar-refractivity contribution in [1.29, 1.82) is 0 Å². The monoisotopic (exact) mass is 513 g/mol. The van der Waals surface area contributed by atoms with Crippen molar-refractivity contribution in [2.45, 2.75) is 31.3 Å². The number of halogens is 2. The maximum absolute atomic E-state index is 14.9. The molecule has 2 aliphatic heterocycles. The lowest BCUT2D eigenvalue weighted by Crippen LogP contribution is -2.42. The van der Waals surface area contributed by atoms with E-state index in [1.165, 1.54) is 24.1 Å². The third-order valence-corrected chi connectivity index (χ3v) is 6.75. The summed E-state index contributed by atoms with van der Waals surface area (Å²) in [6.45, 7) is 1.54. The van der Waals surface area contributed by atoms with Crippen molar-refractivity contribution in [3.8, 4) is 5.75 Å². The fourth-order valence-corrected chi connectivity index (χ4v) is 4.91. The number of furan rings is 1. The van der Waals surface area contributed by atoms with Crippen molar-refractivity contribution in [2.24, 2.45) is 0 Å². The fourth-order valence-electron chi connectivity index (χ4n) is 4.91. The highest BCUT2D eigenvalue weighted by molar-refractivity contribution is 5.99. The summed E-state index contributed by atoms with van der Waals surface area (Å²) in [5.41, 5.74) is 1.31. The molecular formula is C25H25F2N5O5. The fraction of sp³-hybridized carbons (Fsp3) is 0.360. The van der Waals surface area contributed by atoms with Crippen LogP contribution in [0.15, 0.2) is 28.7 Å². The van der Waals surface area contributed by atoms with Gasteiger partial charge < -0.3 is 24.7 Å². The minimum Gasteiger partial charge on any atom is -0.494 e. The van der Waals surface area contributed by atoms with Crippen molar-refractivity contribution in [2.75, 3.05) is 26.7 Å². The third kappa shape index (κ3) is 4.71. The number of rotatable bonds is 7. The summed E-state index contributed by atoms with van der Waals surface area (Å²) in [7, 11) is 1.31. The van der Waals surface area contributed by atoms with Gasteiger partial charge in [-0.3, -0.25) is 14.9 Å². The summed E-state index contributed by atoms with van der Waals surface area (Å²) in [5, 5.41) is 7.81. The lowest BCUT2D eigenvalue weighted by atomic mass is 9.93. The van der Waals surface area contributed by atoms with E-state index in [0.717, 1.165) is 25.9 Å². The van der Waals surface area contributed by atoms with Gasteiger partial charge in [0.15, 0.2) is 17.1 Å². The van der Waals surface area contributed by atoms with Gasteiger partial charge in [-0.2, -0.15) is 0 Å². The van der Waals surface area contributed by atoms with E-state index < -0.39 is 29.6 Å². The number of hydrogen-bond donors (Lipinski definition) is 3. The zero-order valence-corrected chi connectivity index (χ0v) is 20.0. The van der Waals surface area contributed by atoms with Crippen LogP contribution in [-0.4, -0.2) is 55.0 Å². The summed E-state index contributed by atoms with van der Waals surface area (Å²) < 4.78 is 40.5. The SMILES string of the molecule is COc1ccc2c(c1F)C(=O)N(C[C@H](NC(=O)NC=O)c1cc3nc(C4CCNCC4)c(F)cc3o1)C2. The molecule has 4 heterocycles. The molecule has 1 aromatic carbocycles. The summed E-state index contributed by atoms with van der Waals surface area (Å²) in [6.07, 6.45) is 1.73. The molecule has 0 saturated carbocycles. The predicted molar refractivity (Wildman–Crippen MR) is 127 cm³/mol. The summed E-state index contributed by atoms with van der Waals surface area (Å²) in [6, 6.07) is 4.12. The summed E-state index contributed by atoms with van der Waals surface area (Å²) in [4.78, 5) is 41.9. The molecule has 0 aliphatic carbocycles. The quantitative estimate of drug-likeness (QED) is 0.415. The Kier molecular flexibility index (Phi) is 6.74. The smallest absolute Gasteiger partial charge is 0.321 e. The molecule has 1 atom stereocenters. The van der Waals surface area contributed by atoms with Gasteiger partial charge in [0.25, 0.3) is 5.91 Å². The molecule has 10 nitrogen and oxygen atoms in total. The van der Waals surface area contributed by atoms with Crippen LogP contribution in [0, 0.1) is 11.6 Å². The Bertz CT molecular complexity index is 1370. The van der Waals surface area contributed by atoms with Crippen LogP contribution in [0.2, 0.25) is 0 Å². The molecule has 37 heavy (non-hydrogen) atoms. The Morgan fingerprint density at radius 3 is 2.84 bits per heavy atom. The number of imide groups is 1. The van der Waals surface area contributed by atoms with E-state index in [-0.39, 0.29) is 48.1 Å². The number of carbonyl (C=O) groups is 3.